The van der Waals surface area contributed by atoms with Crippen LogP contribution in [0.5, 0.6) is 0 Å². The van der Waals surface area contributed by atoms with Gasteiger partial charge in [0.2, 0.25) is 0 Å². The fourth-order valence-corrected chi connectivity index (χ4v) is 1.55. The second-order valence-electron chi connectivity index (χ2n) is 3.62. The molecule has 84 valence electrons. The first kappa shape index (κ1) is 10.8. The van der Waals surface area contributed by atoms with Crippen molar-refractivity contribution in [3.05, 3.63) is 41.5 Å². The fraction of sp³-hybridized carbons (Fsp3) is 0.273. The summed E-state index contributed by atoms with van der Waals surface area (Å²) >= 11 is 0. The van der Waals surface area contributed by atoms with E-state index in [1.54, 1.807) is 10.7 Å². The van der Waals surface area contributed by atoms with Gasteiger partial charge < -0.3 is 5.32 Å². The molecule has 0 saturated carbocycles. The number of rotatable bonds is 3. The molecule has 0 saturated heterocycles. The van der Waals surface area contributed by atoms with Crippen LogP contribution in [0, 0.1) is 12.7 Å². The van der Waals surface area contributed by atoms with Crippen LogP contribution in [0.2, 0.25) is 0 Å². The third kappa shape index (κ3) is 2.09. The van der Waals surface area contributed by atoms with E-state index in [9.17, 15) is 4.39 Å². The molecule has 2 aromatic rings. The van der Waals surface area contributed by atoms with E-state index in [1.807, 2.05) is 20.2 Å². The molecular formula is C11H13FN4. The Morgan fingerprint density at radius 1 is 1.44 bits per heavy atom. The van der Waals surface area contributed by atoms with Crippen molar-refractivity contribution < 1.29 is 4.39 Å². The van der Waals surface area contributed by atoms with E-state index in [-0.39, 0.29) is 5.82 Å². The van der Waals surface area contributed by atoms with Gasteiger partial charge in [0, 0.05) is 6.54 Å². The summed E-state index contributed by atoms with van der Waals surface area (Å²) in [7, 11) is 1.85. The maximum atomic E-state index is 12.9. The summed E-state index contributed by atoms with van der Waals surface area (Å²) in [6.07, 6.45) is 1.83. The topological polar surface area (TPSA) is 42.7 Å². The molecule has 0 aliphatic carbocycles. The van der Waals surface area contributed by atoms with E-state index in [1.165, 1.54) is 12.1 Å². The van der Waals surface area contributed by atoms with Crippen molar-refractivity contribution in [2.75, 3.05) is 7.05 Å². The summed E-state index contributed by atoms with van der Waals surface area (Å²) in [5.41, 5.74) is 2.53. The van der Waals surface area contributed by atoms with E-state index >= 15 is 0 Å². The Morgan fingerprint density at radius 3 is 2.94 bits per heavy atom. The fourth-order valence-electron chi connectivity index (χ4n) is 1.55. The predicted molar refractivity (Wildman–Crippen MR) is 58.8 cm³/mol. The Kier molecular flexibility index (Phi) is 2.96. The number of aromatic nitrogens is 3. The number of nitrogens with one attached hydrogen (secondary N) is 1. The van der Waals surface area contributed by atoms with Gasteiger partial charge in [0.05, 0.1) is 17.6 Å². The molecule has 16 heavy (non-hydrogen) atoms. The maximum Gasteiger partial charge on any atom is 0.123 e. The van der Waals surface area contributed by atoms with Gasteiger partial charge >= 0.3 is 0 Å². The van der Waals surface area contributed by atoms with E-state index in [4.69, 9.17) is 0 Å². The molecule has 1 aromatic heterocycles. The number of aryl methyl sites for hydroxylation is 1. The van der Waals surface area contributed by atoms with Gasteiger partial charge in [0.15, 0.2) is 0 Å². The first-order chi connectivity index (χ1) is 7.70. The van der Waals surface area contributed by atoms with Gasteiger partial charge in [-0.25, -0.2) is 9.07 Å². The zero-order chi connectivity index (χ0) is 11.5. The lowest BCUT2D eigenvalue weighted by Gasteiger charge is -2.03. The summed E-state index contributed by atoms with van der Waals surface area (Å²) < 4.78 is 14.6. The van der Waals surface area contributed by atoms with Crippen molar-refractivity contribution in [2.24, 2.45) is 0 Å². The monoisotopic (exact) mass is 220 g/mol. The first-order valence-corrected chi connectivity index (χ1v) is 5.03. The third-order valence-electron chi connectivity index (χ3n) is 2.30. The molecule has 5 heteroatoms. The highest BCUT2D eigenvalue weighted by Crippen LogP contribution is 2.14. The Balaban J connectivity index is 2.35. The number of hydrogen-bond donors (Lipinski definition) is 1. The van der Waals surface area contributed by atoms with Crippen LogP contribution in [0.25, 0.3) is 5.69 Å². The number of halogens is 1. The molecule has 1 N–H and O–H groups in total. The minimum absolute atomic E-state index is 0.239. The van der Waals surface area contributed by atoms with Crippen LogP contribution in [0.1, 0.15) is 11.3 Å². The molecule has 0 unspecified atom stereocenters. The van der Waals surface area contributed by atoms with Gasteiger partial charge in [0.25, 0.3) is 0 Å². The van der Waals surface area contributed by atoms with Gasteiger partial charge in [-0.1, -0.05) is 5.21 Å². The SMILES string of the molecule is CNCc1cn(-c2ccc(F)cc2C)nn1. The first-order valence-electron chi connectivity index (χ1n) is 5.03. The molecule has 0 bridgehead atoms. The van der Waals surface area contributed by atoms with Crippen LogP contribution in [-0.2, 0) is 6.54 Å². The smallest absolute Gasteiger partial charge is 0.123 e. The summed E-state index contributed by atoms with van der Waals surface area (Å²) in [5, 5.41) is 11.0. The van der Waals surface area contributed by atoms with Gasteiger partial charge in [-0.2, -0.15) is 0 Å². The van der Waals surface area contributed by atoms with Gasteiger partial charge in [-0.05, 0) is 37.7 Å². The lowest BCUT2D eigenvalue weighted by molar-refractivity contribution is 0.625. The molecular weight excluding hydrogens is 207 g/mol. The zero-order valence-corrected chi connectivity index (χ0v) is 9.24. The normalized spacial score (nSPS) is 10.7. The zero-order valence-electron chi connectivity index (χ0n) is 9.24. The number of hydrogen-bond acceptors (Lipinski definition) is 3. The minimum Gasteiger partial charge on any atom is -0.314 e. The van der Waals surface area contributed by atoms with Crippen LogP contribution < -0.4 is 5.32 Å². The molecule has 1 aromatic carbocycles. The Morgan fingerprint density at radius 2 is 2.25 bits per heavy atom. The summed E-state index contributed by atoms with van der Waals surface area (Å²) in [4.78, 5) is 0. The van der Waals surface area contributed by atoms with Crippen LogP contribution in [0.15, 0.2) is 24.4 Å². The van der Waals surface area contributed by atoms with Gasteiger partial charge in [0.1, 0.15) is 5.82 Å². The summed E-state index contributed by atoms with van der Waals surface area (Å²) in [5.74, 6) is -0.239. The minimum atomic E-state index is -0.239. The van der Waals surface area contributed by atoms with Crippen LogP contribution in [0.4, 0.5) is 4.39 Å². The number of benzene rings is 1. The Hall–Kier alpha value is -1.75. The molecule has 0 atom stereocenters. The number of nitrogens with zero attached hydrogens (tertiary/aromatic N) is 3. The van der Waals surface area contributed by atoms with Crippen molar-refractivity contribution in [1.29, 1.82) is 0 Å². The highest BCUT2D eigenvalue weighted by Gasteiger charge is 2.05. The highest BCUT2D eigenvalue weighted by molar-refractivity contribution is 5.39. The molecule has 0 aliphatic rings. The standard InChI is InChI=1S/C11H13FN4/c1-8-5-9(12)3-4-11(8)16-7-10(6-13-2)14-15-16/h3-5,7,13H,6H2,1-2H3. The average molecular weight is 220 g/mol. The quantitative estimate of drug-likeness (QED) is 0.851. The lowest BCUT2D eigenvalue weighted by Crippen LogP contribution is -2.05. The van der Waals surface area contributed by atoms with E-state index in [0.29, 0.717) is 6.54 Å². The molecule has 0 amide bonds. The van der Waals surface area contributed by atoms with Crippen molar-refractivity contribution in [3.63, 3.8) is 0 Å². The Labute approximate surface area is 93.1 Å². The molecule has 4 nitrogen and oxygen atoms in total. The predicted octanol–water partition coefficient (Wildman–Crippen LogP) is 1.43. The average Bonchev–Trinajstić information content (AvgIpc) is 2.67. The van der Waals surface area contributed by atoms with Gasteiger partial charge in [-0.15, -0.1) is 5.10 Å². The molecule has 0 radical (unpaired) electrons. The van der Waals surface area contributed by atoms with Crippen LogP contribution in [-0.4, -0.2) is 22.0 Å². The largest absolute Gasteiger partial charge is 0.314 e. The molecule has 1 heterocycles. The molecule has 0 fully saturated rings. The van der Waals surface area contributed by atoms with Crippen molar-refractivity contribution in [3.8, 4) is 5.69 Å². The van der Waals surface area contributed by atoms with E-state index < -0.39 is 0 Å². The summed E-state index contributed by atoms with van der Waals surface area (Å²) in [6, 6.07) is 4.60. The second-order valence-corrected chi connectivity index (χ2v) is 3.62. The molecule has 0 spiro atoms. The summed E-state index contributed by atoms with van der Waals surface area (Å²) in [6.45, 7) is 2.51. The van der Waals surface area contributed by atoms with Crippen molar-refractivity contribution >= 4 is 0 Å². The van der Waals surface area contributed by atoms with Crippen molar-refractivity contribution in [1.82, 2.24) is 20.3 Å². The van der Waals surface area contributed by atoms with Crippen molar-refractivity contribution in [2.45, 2.75) is 13.5 Å². The van der Waals surface area contributed by atoms with Gasteiger partial charge in [-0.3, -0.25) is 0 Å². The second kappa shape index (κ2) is 4.40. The van der Waals surface area contributed by atoms with Crippen LogP contribution in [0.3, 0.4) is 0 Å². The third-order valence-corrected chi connectivity index (χ3v) is 2.30. The lowest BCUT2D eigenvalue weighted by atomic mass is 10.2. The maximum absolute atomic E-state index is 12.9. The molecule has 2 rings (SSSR count). The van der Waals surface area contributed by atoms with Crippen LogP contribution >= 0.6 is 0 Å². The molecule has 0 aliphatic heterocycles. The van der Waals surface area contributed by atoms with E-state index in [0.717, 1.165) is 16.9 Å². The Bertz CT molecular complexity index is 492. The van der Waals surface area contributed by atoms with E-state index in [2.05, 4.69) is 15.6 Å². The highest BCUT2D eigenvalue weighted by atomic mass is 19.1.